The van der Waals surface area contributed by atoms with E-state index in [-0.39, 0.29) is 18.4 Å². The molecule has 0 radical (unpaired) electrons. The Morgan fingerprint density at radius 1 is 0.864 bits per heavy atom. The summed E-state index contributed by atoms with van der Waals surface area (Å²) in [6.45, 7) is 2.40. The van der Waals surface area contributed by atoms with Gasteiger partial charge in [-0.1, -0.05) is 18.9 Å². The van der Waals surface area contributed by atoms with Crippen molar-refractivity contribution in [2.45, 2.75) is 58.3 Å². The first kappa shape index (κ1) is 20.1. The Hall–Kier alpha value is -1.85. The number of carboxylic acid groups (broad SMARTS) is 1. The standard InChI is InChI=1S/C16H26O6/c1-2-9-15(19)21-12-7-8-13-22-16(20)11-6-4-3-5-10-14(17)18/h2,9H,3-8,10-13H2,1H3,(H,17,18). The van der Waals surface area contributed by atoms with Crippen LogP contribution >= 0.6 is 0 Å². The lowest BCUT2D eigenvalue weighted by Crippen LogP contribution is -2.07. The van der Waals surface area contributed by atoms with Crippen molar-refractivity contribution in [2.75, 3.05) is 13.2 Å². The molecule has 126 valence electrons. The van der Waals surface area contributed by atoms with E-state index in [0.29, 0.717) is 38.9 Å². The van der Waals surface area contributed by atoms with Crippen LogP contribution in [0.5, 0.6) is 0 Å². The van der Waals surface area contributed by atoms with E-state index in [9.17, 15) is 14.4 Å². The van der Waals surface area contributed by atoms with Crippen LogP contribution in [0.4, 0.5) is 0 Å². The molecule has 0 aromatic rings. The maximum absolute atomic E-state index is 11.4. The lowest BCUT2D eigenvalue weighted by atomic mass is 10.1. The van der Waals surface area contributed by atoms with Crippen molar-refractivity contribution in [1.82, 2.24) is 0 Å². The second kappa shape index (κ2) is 14.1. The molecule has 0 fully saturated rings. The monoisotopic (exact) mass is 314 g/mol. The Kier molecular flexibility index (Phi) is 12.9. The Morgan fingerprint density at radius 3 is 2.05 bits per heavy atom. The van der Waals surface area contributed by atoms with E-state index in [4.69, 9.17) is 14.6 Å². The SMILES string of the molecule is CC=CC(=O)OCCCCOC(=O)CCCCCCC(=O)O. The summed E-state index contributed by atoms with van der Waals surface area (Å²) in [5, 5.41) is 8.47. The van der Waals surface area contributed by atoms with Crippen molar-refractivity contribution >= 4 is 17.9 Å². The summed E-state index contributed by atoms with van der Waals surface area (Å²) in [5.74, 6) is -1.37. The molecule has 0 aliphatic heterocycles. The third kappa shape index (κ3) is 14.6. The van der Waals surface area contributed by atoms with Crippen LogP contribution in [0.1, 0.15) is 58.3 Å². The van der Waals surface area contributed by atoms with Gasteiger partial charge in [0.25, 0.3) is 0 Å². The number of hydrogen-bond acceptors (Lipinski definition) is 5. The summed E-state index contributed by atoms with van der Waals surface area (Å²) < 4.78 is 9.95. The highest BCUT2D eigenvalue weighted by molar-refractivity contribution is 5.81. The van der Waals surface area contributed by atoms with Gasteiger partial charge in [0.2, 0.25) is 0 Å². The number of unbranched alkanes of at least 4 members (excludes halogenated alkanes) is 4. The molecule has 0 heterocycles. The molecule has 6 nitrogen and oxygen atoms in total. The fourth-order valence-electron chi connectivity index (χ4n) is 1.72. The number of allylic oxidation sites excluding steroid dienone is 1. The molecule has 0 spiro atoms. The van der Waals surface area contributed by atoms with Crippen LogP contribution in [-0.4, -0.2) is 36.2 Å². The molecular weight excluding hydrogens is 288 g/mol. The molecule has 0 atom stereocenters. The number of carbonyl (C=O) groups excluding carboxylic acids is 2. The van der Waals surface area contributed by atoms with Gasteiger partial charge in [0.05, 0.1) is 13.2 Å². The lowest BCUT2D eigenvalue weighted by Gasteiger charge is -2.05. The first-order chi connectivity index (χ1) is 10.6. The van der Waals surface area contributed by atoms with Crippen molar-refractivity contribution in [2.24, 2.45) is 0 Å². The van der Waals surface area contributed by atoms with E-state index in [1.54, 1.807) is 13.0 Å². The van der Waals surface area contributed by atoms with Crippen molar-refractivity contribution in [3.05, 3.63) is 12.2 Å². The average Bonchev–Trinajstić information content (AvgIpc) is 2.46. The topological polar surface area (TPSA) is 89.9 Å². The predicted molar refractivity (Wildman–Crippen MR) is 81.3 cm³/mol. The number of esters is 2. The third-order valence-electron chi connectivity index (χ3n) is 2.87. The second-order valence-electron chi connectivity index (χ2n) is 4.90. The second-order valence-corrected chi connectivity index (χ2v) is 4.90. The summed E-state index contributed by atoms with van der Waals surface area (Å²) in [5.41, 5.74) is 0. The zero-order chi connectivity index (χ0) is 16.6. The molecule has 0 unspecified atom stereocenters. The minimum atomic E-state index is -0.782. The summed E-state index contributed by atoms with van der Waals surface area (Å²) in [6, 6.07) is 0. The molecule has 0 amide bonds. The number of ether oxygens (including phenoxy) is 2. The van der Waals surface area contributed by atoms with Crippen molar-refractivity contribution in [3.8, 4) is 0 Å². The van der Waals surface area contributed by atoms with E-state index in [1.807, 2.05) is 0 Å². The van der Waals surface area contributed by atoms with Gasteiger partial charge in [0, 0.05) is 18.9 Å². The van der Waals surface area contributed by atoms with Gasteiger partial charge < -0.3 is 14.6 Å². The fraction of sp³-hybridized carbons (Fsp3) is 0.688. The van der Waals surface area contributed by atoms with Gasteiger partial charge in [-0.25, -0.2) is 4.79 Å². The fourth-order valence-corrected chi connectivity index (χ4v) is 1.72. The largest absolute Gasteiger partial charge is 0.481 e. The van der Waals surface area contributed by atoms with Gasteiger partial charge in [0.1, 0.15) is 0 Å². The van der Waals surface area contributed by atoms with Crippen LogP contribution in [0.3, 0.4) is 0 Å². The highest BCUT2D eigenvalue weighted by Gasteiger charge is 2.03. The molecule has 0 bridgehead atoms. The first-order valence-electron chi connectivity index (χ1n) is 7.73. The van der Waals surface area contributed by atoms with Crippen LogP contribution in [0.15, 0.2) is 12.2 Å². The van der Waals surface area contributed by atoms with Gasteiger partial charge in [0.15, 0.2) is 0 Å². The van der Waals surface area contributed by atoms with Crippen LogP contribution in [0.2, 0.25) is 0 Å². The van der Waals surface area contributed by atoms with Gasteiger partial charge in [-0.3, -0.25) is 9.59 Å². The van der Waals surface area contributed by atoms with E-state index in [2.05, 4.69) is 0 Å². The summed E-state index contributed by atoms with van der Waals surface area (Å²) in [6.07, 6.45) is 7.87. The van der Waals surface area contributed by atoms with Gasteiger partial charge >= 0.3 is 17.9 Å². The Morgan fingerprint density at radius 2 is 1.45 bits per heavy atom. The van der Waals surface area contributed by atoms with Crippen LogP contribution in [0.25, 0.3) is 0 Å². The van der Waals surface area contributed by atoms with Gasteiger partial charge in [-0.05, 0) is 32.6 Å². The maximum Gasteiger partial charge on any atom is 0.330 e. The molecule has 22 heavy (non-hydrogen) atoms. The highest BCUT2D eigenvalue weighted by atomic mass is 16.5. The zero-order valence-electron chi connectivity index (χ0n) is 13.2. The summed E-state index contributed by atoms with van der Waals surface area (Å²) in [4.78, 5) is 32.7. The van der Waals surface area contributed by atoms with Gasteiger partial charge in [-0.2, -0.15) is 0 Å². The summed E-state index contributed by atoms with van der Waals surface area (Å²) >= 11 is 0. The van der Waals surface area contributed by atoms with Crippen LogP contribution in [0, 0.1) is 0 Å². The van der Waals surface area contributed by atoms with E-state index >= 15 is 0 Å². The van der Waals surface area contributed by atoms with Crippen LogP contribution in [-0.2, 0) is 23.9 Å². The molecule has 1 N–H and O–H groups in total. The molecule has 0 aliphatic carbocycles. The minimum absolute atomic E-state index is 0.184. The number of rotatable bonds is 13. The number of aliphatic carboxylic acids is 1. The van der Waals surface area contributed by atoms with E-state index in [0.717, 1.165) is 19.3 Å². The average molecular weight is 314 g/mol. The van der Waals surface area contributed by atoms with Crippen molar-refractivity contribution in [1.29, 1.82) is 0 Å². The molecule has 6 heteroatoms. The molecular formula is C16H26O6. The minimum Gasteiger partial charge on any atom is -0.481 e. The number of carboxylic acids is 1. The number of carbonyl (C=O) groups is 3. The molecule has 0 aliphatic rings. The normalized spacial score (nSPS) is 10.6. The Balaban J connectivity index is 3.32. The molecule has 0 aromatic carbocycles. The highest BCUT2D eigenvalue weighted by Crippen LogP contribution is 2.06. The molecule has 0 rings (SSSR count). The quantitative estimate of drug-likeness (QED) is 0.319. The maximum atomic E-state index is 11.4. The zero-order valence-corrected chi connectivity index (χ0v) is 13.2. The van der Waals surface area contributed by atoms with Crippen molar-refractivity contribution < 1.29 is 29.0 Å². The van der Waals surface area contributed by atoms with E-state index in [1.165, 1.54) is 6.08 Å². The lowest BCUT2D eigenvalue weighted by molar-refractivity contribution is -0.144. The Labute approximate surface area is 131 Å². The third-order valence-corrected chi connectivity index (χ3v) is 2.87. The van der Waals surface area contributed by atoms with Crippen LogP contribution < -0.4 is 0 Å². The van der Waals surface area contributed by atoms with Crippen molar-refractivity contribution in [3.63, 3.8) is 0 Å². The Bertz CT molecular complexity index is 362. The van der Waals surface area contributed by atoms with Gasteiger partial charge in [-0.15, -0.1) is 0 Å². The summed E-state index contributed by atoms with van der Waals surface area (Å²) in [7, 11) is 0. The predicted octanol–water partition coefficient (Wildman–Crippen LogP) is 2.85. The first-order valence-corrected chi connectivity index (χ1v) is 7.73. The number of hydrogen-bond donors (Lipinski definition) is 1. The molecule has 0 saturated heterocycles. The smallest absolute Gasteiger partial charge is 0.330 e. The van der Waals surface area contributed by atoms with E-state index < -0.39 is 5.97 Å². The molecule has 0 aromatic heterocycles. The molecule has 0 saturated carbocycles.